The number of aryl methyl sites for hydroxylation is 5. The van der Waals surface area contributed by atoms with Crippen LogP contribution in [0.4, 0.5) is 0 Å². The summed E-state index contributed by atoms with van der Waals surface area (Å²) in [5.74, 6) is -0.471. The molecule has 0 spiro atoms. The smallest absolute Gasteiger partial charge is 0.340 e. The third-order valence-electron chi connectivity index (χ3n) is 20.8. The van der Waals surface area contributed by atoms with Crippen LogP contribution in [-0.2, 0) is 69.7 Å². The van der Waals surface area contributed by atoms with Crippen molar-refractivity contribution >= 4 is 72.6 Å². The molecule has 36 nitrogen and oxygen atoms in total. The summed E-state index contributed by atoms with van der Waals surface area (Å²) in [7, 11) is -2.20. The summed E-state index contributed by atoms with van der Waals surface area (Å²) >= 11 is 5.02. The number of halogens is 1. The van der Waals surface area contributed by atoms with E-state index in [4.69, 9.17) is 59.2 Å². The van der Waals surface area contributed by atoms with Gasteiger partial charge in [-0.25, -0.2) is 29.0 Å². The maximum Gasteiger partial charge on any atom is 0.340 e. The number of para-hydroxylation sites is 4. The molecule has 0 radical (unpaired) electrons. The number of H-pyrrole nitrogens is 2. The van der Waals surface area contributed by atoms with E-state index in [1.807, 2.05) is 85.4 Å². The largest absolute Gasteiger partial charge is 0.596 e. The van der Waals surface area contributed by atoms with Gasteiger partial charge in [0.05, 0.1) is 118 Å². The summed E-state index contributed by atoms with van der Waals surface area (Å²) in [6.45, 7) is 28.1. The lowest BCUT2D eigenvalue weighted by Gasteiger charge is -2.38. The average molecular weight is 1820 g/mol. The first-order valence-electron chi connectivity index (χ1n) is 42.8. The van der Waals surface area contributed by atoms with Crippen LogP contribution in [0.2, 0.25) is 0 Å². The van der Waals surface area contributed by atoms with Crippen molar-refractivity contribution in [2.24, 2.45) is 10.7 Å². The SMILES string of the molecule is CC(C)CCC#N.CC(C)N=[P+]([O-])Cl.CC[C@H]1O[C@@H](n2cc(C)c(=O)[nH]c2=O)[C@@H](OCCC(=O)CCCn2cnc3ccccc32)C1O.CC[C@H]1O[C@@H](n2cc(C)c(=O)[nH]c2=O)[C@@H](OCCC(=O)CCCn2cnc3ccccc32)C1OP(OCCC#N)N(C(C)C)C(C)C.CC[C@H]1O[C@@H](n2cc(C)c(=O)n(C(=O)c3ccccc3)c2=O)[C@@H](OCCC(=O)OC)C1O. The van der Waals surface area contributed by atoms with Crippen molar-refractivity contribution in [2.75, 3.05) is 33.5 Å². The van der Waals surface area contributed by atoms with E-state index in [0.29, 0.717) is 86.1 Å². The van der Waals surface area contributed by atoms with Gasteiger partial charge in [0.15, 0.2) is 29.9 Å². The summed E-state index contributed by atoms with van der Waals surface area (Å²) < 4.78 is 67.5. The molecule has 39 heteroatoms. The molecule has 14 atom stereocenters. The predicted octanol–water partition coefficient (Wildman–Crippen LogP) is 10.7. The minimum Gasteiger partial charge on any atom is -0.596 e. The number of nitrogens with zero attached hydrogens (tertiary/aromatic N) is 12. The Hall–Kier alpha value is -9.56. The summed E-state index contributed by atoms with van der Waals surface area (Å²) in [5, 5.41) is 38.5. The molecule has 3 aromatic carbocycles. The summed E-state index contributed by atoms with van der Waals surface area (Å²) in [4.78, 5) is 148. The van der Waals surface area contributed by atoms with Gasteiger partial charge in [0.1, 0.15) is 48.2 Å². The van der Waals surface area contributed by atoms with Crippen molar-refractivity contribution in [1.29, 1.82) is 10.5 Å². The number of rotatable bonds is 38. The number of imidazole rings is 2. The highest BCUT2D eigenvalue weighted by molar-refractivity contribution is 7.69. The monoisotopic (exact) mass is 1820 g/mol. The Balaban J connectivity index is 0.000000246. The van der Waals surface area contributed by atoms with E-state index in [1.165, 1.54) is 53.9 Å². The van der Waals surface area contributed by atoms with Crippen molar-refractivity contribution < 1.29 is 76.5 Å². The second-order valence-electron chi connectivity index (χ2n) is 31.8. The Morgan fingerprint density at radius 3 is 1.47 bits per heavy atom. The minimum atomic E-state index is -1.79. The maximum absolute atomic E-state index is 13.2. The lowest BCUT2D eigenvalue weighted by molar-refractivity contribution is -0.150. The number of aromatic amines is 2. The number of aromatic nitrogens is 10. The van der Waals surface area contributed by atoms with E-state index in [1.54, 1.807) is 51.6 Å². The third-order valence-corrected chi connectivity index (χ3v) is 23.8. The van der Waals surface area contributed by atoms with Crippen molar-refractivity contribution in [3.05, 3.63) is 195 Å². The van der Waals surface area contributed by atoms with Gasteiger partial charge in [0.25, 0.3) is 38.4 Å². The molecule has 3 fully saturated rings. The lowest BCUT2D eigenvalue weighted by atomic mass is 10.1. The minimum absolute atomic E-state index is 0.0524. The van der Waals surface area contributed by atoms with Crippen LogP contribution in [0.25, 0.3) is 22.1 Å². The van der Waals surface area contributed by atoms with E-state index >= 15 is 0 Å². The van der Waals surface area contributed by atoms with Gasteiger partial charge in [-0.3, -0.25) is 57.2 Å². The molecule has 0 amide bonds. The molecule has 3 saturated heterocycles. The second kappa shape index (κ2) is 52.2. The highest BCUT2D eigenvalue weighted by Crippen LogP contribution is 2.51. The van der Waals surface area contributed by atoms with Gasteiger partial charge in [-0.05, 0) is 143 Å². The van der Waals surface area contributed by atoms with Crippen molar-refractivity contribution in [1.82, 2.24) is 52.0 Å². The molecule has 0 saturated carbocycles. The fourth-order valence-corrected chi connectivity index (χ4v) is 16.9. The van der Waals surface area contributed by atoms with Crippen LogP contribution in [0.1, 0.15) is 205 Å². The van der Waals surface area contributed by atoms with Crippen LogP contribution >= 0.6 is 27.1 Å². The second-order valence-corrected chi connectivity index (χ2v) is 34.7. The van der Waals surface area contributed by atoms with Crippen LogP contribution in [0.3, 0.4) is 0 Å². The maximum atomic E-state index is 13.2. The number of hydrogen-bond acceptors (Lipinski definition) is 28. The number of nitriles is 2. The first-order chi connectivity index (χ1) is 60.6. The predicted molar refractivity (Wildman–Crippen MR) is 476 cm³/mol. The van der Waals surface area contributed by atoms with Gasteiger partial charge in [-0.15, -0.1) is 0 Å². The van der Waals surface area contributed by atoms with E-state index in [0.717, 1.165) is 33.1 Å². The first-order valence-corrected chi connectivity index (χ1v) is 46.0. The molecule has 3 aliphatic heterocycles. The van der Waals surface area contributed by atoms with Gasteiger partial charge in [0.2, 0.25) is 0 Å². The fraction of sp³-hybridized carbons (Fsp3) is 0.568. The van der Waals surface area contributed by atoms with Gasteiger partial charge in [0, 0.05) is 98.1 Å². The van der Waals surface area contributed by atoms with Crippen LogP contribution in [-0.4, -0.2) is 192 Å². The number of hydrogen-bond donors (Lipinski definition) is 4. The standard InChI is InChI=1S/C33H47N6O7P.C24H30N4O6.C22H26N2O8.C6H11N.C3H7ClNOP/c1-7-28-29(46-47(44-18-11-16-34)39(22(2)3)23(4)5)30(32(45-28)38-20-24(6)31(41)36-33(38)42)43-19-15-25(40)12-10-17-37-21-35-26-13-8-9-14-27(26)37;1-3-19-20(30)21(23(34-19)28-13-15(2)22(31)26-24(28)32)33-12-10-16(29)7-6-11-27-14-25-17-8-4-5-9-18(17)27;1-4-15-17(26)18(31-11-10-16(25)30-3)21(32-15)23-12-13(2)19(27)24(22(23)29)20(28)14-8-6-5-7-9-14;1-6(2)4-3-5-7;1-3(2)5-7(4)6/h8-9,13-14,20-23,28-30,32H,7,10-12,15,17-19H2,1-6H3,(H,36,41,42);4-5,8-9,13-14,19-21,23,30H,3,6-7,10-12H2,1-2H3,(H,26,31,32);5-9,12,15,17-18,21,26H,4,10-11H2,1-3H3;6H,3-4H2,1-2H3;3H,1-2H3/t28-,29?,30+,32-,47?;19-,20?,21+,23-;15-,17?,18+,21-;;/m111../s1. The summed E-state index contributed by atoms with van der Waals surface area (Å²) in [6, 6.07) is 28.2. The van der Waals surface area contributed by atoms with Gasteiger partial charge < -0.3 is 66.4 Å². The normalized spacial score (nSPS) is 20.5. The van der Waals surface area contributed by atoms with Crippen molar-refractivity contribution in [3.8, 4) is 12.1 Å². The molecule has 0 bridgehead atoms. The molecule has 127 heavy (non-hydrogen) atoms. The van der Waals surface area contributed by atoms with Crippen molar-refractivity contribution in [3.63, 3.8) is 0 Å². The number of Topliss-reactive ketones (excluding diaryl/α,β-unsaturated/α-hetero) is 2. The molecule has 8 aromatic rings. The van der Waals surface area contributed by atoms with Gasteiger partial charge >= 0.3 is 23.0 Å². The van der Waals surface area contributed by atoms with E-state index in [2.05, 4.69) is 87.8 Å². The quantitative estimate of drug-likeness (QED) is 0.0159. The molecule has 8 heterocycles. The Morgan fingerprint density at radius 2 is 1.04 bits per heavy atom. The van der Waals surface area contributed by atoms with E-state index in [-0.39, 0.29) is 92.9 Å². The molecule has 5 aromatic heterocycles. The molecule has 3 aliphatic rings. The molecule has 4 N–H and O–H groups in total. The van der Waals surface area contributed by atoms with Crippen molar-refractivity contribution in [2.45, 2.75) is 285 Å². The zero-order valence-electron chi connectivity index (χ0n) is 74.8. The topological polar surface area (TPSA) is 467 Å². The number of carbonyl (C=O) groups is 4. The molecule has 5 unspecified atom stereocenters. The summed E-state index contributed by atoms with van der Waals surface area (Å²) in [6.07, 6.45) is 3.73. The number of methoxy groups -OCH3 is 1. The first kappa shape index (κ1) is 104. The Labute approximate surface area is 744 Å². The van der Waals surface area contributed by atoms with Crippen LogP contribution in [0.15, 0.2) is 144 Å². The zero-order chi connectivity index (χ0) is 93.3. The highest BCUT2D eigenvalue weighted by Gasteiger charge is 2.51. The number of esters is 1. The number of aliphatic hydroxyl groups is 2. The Morgan fingerprint density at radius 1 is 0.598 bits per heavy atom. The molecular formula is C88H121ClN14O22P2. The fourth-order valence-electron chi connectivity index (χ4n) is 14.3. The molecular weight excluding hydrogens is 1700 g/mol. The Kier molecular flexibility index (Phi) is 42.9. The number of fused-ring (bicyclic) bond motifs is 2. The highest BCUT2D eigenvalue weighted by atomic mass is 35.7. The van der Waals surface area contributed by atoms with E-state index < -0.39 is 135 Å². The number of ether oxygens (including phenoxy) is 7. The van der Waals surface area contributed by atoms with E-state index in [9.17, 15) is 63.1 Å². The number of carbonyl (C=O) groups excluding carboxylic acids is 4. The number of ketones is 2. The van der Waals surface area contributed by atoms with Crippen LogP contribution in [0.5, 0.6) is 0 Å². The molecule has 692 valence electrons. The average Bonchev–Trinajstić information content (AvgIpc) is 1.76. The van der Waals surface area contributed by atoms with Gasteiger partial charge in [-0.1, -0.05) is 81.8 Å². The summed E-state index contributed by atoms with van der Waals surface area (Å²) in [5.41, 5.74) is 1.05. The lowest BCUT2D eigenvalue weighted by Crippen LogP contribution is -2.47. The number of aliphatic hydroxyl groups excluding tert-OH is 2. The van der Waals surface area contributed by atoms with Gasteiger partial charge in [-0.2, -0.15) is 15.1 Å². The number of benzene rings is 3. The van der Waals surface area contributed by atoms with Crippen LogP contribution < -0.4 is 38.6 Å². The Bertz CT molecular complexity index is 5370. The molecule has 0 aliphatic carbocycles. The third kappa shape index (κ3) is 30.0. The molecule has 11 rings (SSSR count). The van der Waals surface area contributed by atoms with Crippen LogP contribution in [0, 0.1) is 49.4 Å². The zero-order valence-corrected chi connectivity index (χ0v) is 77.3. The number of nitrogens with one attached hydrogen (secondary N) is 2.